The molecule has 9 heteroatoms. The normalized spacial score (nSPS) is 13.9. The van der Waals surface area contributed by atoms with E-state index in [1.807, 2.05) is 0 Å². The van der Waals surface area contributed by atoms with Crippen molar-refractivity contribution in [1.82, 2.24) is 10.3 Å². The van der Waals surface area contributed by atoms with Gasteiger partial charge in [0.15, 0.2) is 0 Å². The number of carbonyl (C=O) groups excluding carboxylic acids is 1. The third kappa shape index (κ3) is 5.12. The molecule has 5 nitrogen and oxygen atoms in total. The number of halogens is 3. The van der Waals surface area contributed by atoms with Crippen LogP contribution in [0.15, 0.2) is 35.5 Å². The number of hydrogen-bond donors (Lipinski definition) is 2. The number of aromatic nitrogens is 1. The van der Waals surface area contributed by atoms with Crippen LogP contribution in [-0.2, 0) is 11.2 Å². The van der Waals surface area contributed by atoms with Crippen LogP contribution in [0.4, 0.5) is 13.2 Å². The van der Waals surface area contributed by atoms with Crippen molar-refractivity contribution in [2.24, 2.45) is 4.99 Å². The van der Waals surface area contributed by atoms with Crippen LogP contribution in [0.2, 0.25) is 0 Å². The number of amides is 1. The quantitative estimate of drug-likeness (QED) is 0.686. The van der Waals surface area contributed by atoms with Crippen molar-refractivity contribution in [3.63, 3.8) is 0 Å². The van der Waals surface area contributed by atoms with Gasteiger partial charge in [0.2, 0.25) is 0 Å². The summed E-state index contributed by atoms with van der Waals surface area (Å²) < 4.78 is 37.6. The minimum Gasteiger partial charge on any atom is -0.386 e. The number of rotatable bonds is 8. The summed E-state index contributed by atoms with van der Waals surface area (Å²) in [6, 6.07) is 5.11. The number of aliphatic hydroxyl groups is 1. The second-order valence-corrected chi connectivity index (χ2v) is 6.52. The lowest BCUT2D eigenvalue weighted by Crippen LogP contribution is -2.43. The first-order chi connectivity index (χ1) is 12.5. The monoisotopic (exact) mass is 385 g/mol. The van der Waals surface area contributed by atoms with E-state index >= 15 is 0 Å². The van der Waals surface area contributed by atoms with Crippen LogP contribution < -0.4 is 5.32 Å². The van der Waals surface area contributed by atoms with E-state index < -0.39 is 31.2 Å². The van der Waals surface area contributed by atoms with Gasteiger partial charge in [0.1, 0.15) is 12.8 Å². The minimum atomic E-state index is -3.27. The Hall–Kier alpha value is -2.26. The lowest BCUT2D eigenvalue weighted by molar-refractivity contribution is -0.133. The molecular weight excluding hydrogens is 367 g/mol. The molecule has 0 aliphatic carbocycles. The van der Waals surface area contributed by atoms with Crippen LogP contribution in [0.3, 0.4) is 0 Å². The van der Waals surface area contributed by atoms with Crippen LogP contribution in [0.25, 0.3) is 10.4 Å². The average Bonchev–Trinajstić information content (AvgIpc) is 3.12. The maximum absolute atomic E-state index is 13.0. The molecule has 1 heterocycles. The Morgan fingerprint density at radius 1 is 1.38 bits per heavy atom. The third-order valence-corrected chi connectivity index (χ3v) is 4.68. The zero-order valence-electron chi connectivity index (χ0n) is 13.9. The van der Waals surface area contributed by atoms with Gasteiger partial charge in [-0.3, -0.25) is 4.79 Å². The highest BCUT2D eigenvalue weighted by Crippen LogP contribution is 2.28. The largest absolute Gasteiger partial charge is 0.386 e. The number of hydrogen-bond acceptors (Lipinski definition) is 5. The molecule has 1 amide bonds. The molecule has 0 bridgehead atoms. The van der Waals surface area contributed by atoms with E-state index in [1.165, 1.54) is 11.3 Å². The molecular formula is C17H18F3N3O2S. The van der Waals surface area contributed by atoms with E-state index in [1.54, 1.807) is 49.0 Å². The van der Waals surface area contributed by atoms with E-state index in [2.05, 4.69) is 9.98 Å². The van der Waals surface area contributed by atoms with Gasteiger partial charge >= 0.3 is 6.43 Å². The third-order valence-electron chi connectivity index (χ3n) is 3.61. The molecule has 26 heavy (non-hydrogen) atoms. The lowest BCUT2D eigenvalue weighted by Gasteiger charge is -2.21. The second kappa shape index (κ2) is 9.44. The van der Waals surface area contributed by atoms with Crippen molar-refractivity contribution in [1.29, 1.82) is 0 Å². The zero-order valence-corrected chi connectivity index (χ0v) is 14.7. The predicted octanol–water partition coefficient (Wildman–Crippen LogP) is 2.81. The maximum atomic E-state index is 13.0. The van der Waals surface area contributed by atoms with Gasteiger partial charge in [0.05, 0.1) is 15.9 Å². The molecule has 0 aliphatic rings. The van der Waals surface area contributed by atoms with Crippen molar-refractivity contribution in [3.8, 4) is 10.4 Å². The Labute approximate surface area is 152 Å². The van der Waals surface area contributed by atoms with Gasteiger partial charge in [0.25, 0.3) is 5.91 Å². The van der Waals surface area contributed by atoms with Crippen LogP contribution in [0.5, 0.6) is 0 Å². The van der Waals surface area contributed by atoms with Crippen molar-refractivity contribution in [3.05, 3.63) is 41.0 Å². The Morgan fingerprint density at radius 3 is 2.65 bits per heavy atom. The van der Waals surface area contributed by atoms with E-state index in [-0.39, 0.29) is 0 Å². The fraction of sp³-hybridized carbons (Fsp3) is 0.353. The number of thiazole rings is 1. The molecule has 140 valence electrons. The van der Waals surface area contributed by atoms with E-state index in [0.29, 0.717) is 12.0 Å². The summed E-state index contributed by atoms with van der Waals surface area (Å²) in [4.78, 5) is 20.1. The zero-order chi connectivity index (χ0) is 19.1. The van der Waals surface area contributed by atoms with Gasteiger partial charge in [-0.05, 0) is 11.1 Å². The number of aliphatic hydroxyl groups excluding tert-OH is 1. The average molecular weight is 385 g/mol. The molecule has 0 saturated carbocycles. The van der Waals surface area contributed by atoms with E-state index in [9.17, 15) is 23.1 Å². The number of nitrogens with one attached hydrogen (secondary N) is 1. The fourth-order valence-electron chi connectivity index (χ4n) is 2.23. The number of nitrogens with zero attached hydrogens (tertiary/aromatic N) is 2. The summed E-state index contributed by atoms with van der Waals surface area (Å²) in [6.07, 6.45) is -0.582. The first-order valence-electron chi connectivity index (χ1n) is 7.74. The van der Waals surface area contributed by atoms with Crippen LogP contribution in [0, 0.1) is 0 Å². The predicted molar refractivity (Wildman–Crippen MR) is 94.5 cm³/mol. The summed E-state index contributed by atoms with van der Waals surface area (Å²) in [5.74, 6) is -1.61. The standard InChI is InChI=1S/C17H18F3N3O2S/c1-21-7-6-14-22-9-13(26-14)10-2-4-11(5-3-10)15(24)12(8-18)23-17(25)16(19)20/h2-5,7,9,12,15-16,24H,6,8H2,1H3,(H,23,25). The van der Waals surface area contributed by atoms with Gasteiger partial charge in [-0.25, -0.2) is 9.37 Å². The Bertz CT molecular complexity index is 750. The molecule has 0 spiro atoms. The summed E-state index contributed by atoms with van der Waals surface area (Å²) in [5, 5.41) is 12.9. The summed E-state index contributed by atoms with van der Waals surface area (Å²) >= 11 is 1.50. The van der Waals surface area contributed by atoms with Crippen molar-refractivity contribution >= 4 is 23.5 Å². The summed E-state index contributed by atoms with van der Waals surface area (Å²) in [5.41, 5.74) is 1.17. The van der Waals surface area contributed by atoms with Crippen LogP contribution in [0.1, 0.15) is 16.7 Å². The maximum Gasteiger partial charge on any atom is 0.315 e. The van der Waals surface area contributed by atoms with Crippen molar-refractivity contribution in [2.75, 3.05) is 13.7 Å². The number of aliphatic imine (C=N–C) groups is 1. The summed E-state index contributed by atoms with van der Waals surface area (Å²) in [7, 11) is 1.69. The fourth-order valence-corrected chi connectivity index (χ4v) is 3.11. The molecule has 0 aliphatic heterocycles. The van der Waals surface area contributed by atoms with Gasteiger partial charge in [0, 0.05) is 25.9 Å². The first-order valence-corrected chi connectivity index (χ1v) is 8.56. The minimum absolute atomic E-state index is 0.314. The smallest absolute Gasteiger partial charge is 0.315 e. The molecule has 2 aromatic rings. The van der Waals surface area contributed by atoms with Crippen LogP contribution in [-0.4, -0.2) is 48.4 Å². The topological polar surface area (TPSA) is 74.6 Å². The van der Waals surface area contributed by atoms with Gasteiger partial charge in [-0.1, -0.05) is 24.3 Å². The SMILES string of the molecule is CN=CCc1ncc(-c2ccc(C(O)C(CF)NC(=O)C(F)F)cc2)s1. The second-order valence-electron chi connectivity index (χ2n) is 5.40. The van der Waals surface area contributed by atoms with E-state index in [4.69, 9.17) is 0 Å². The highest BCUT2D eigenvalue weighted by Gasteiger charge is 2.26. The Kier molecular flexibility index (Phi) is 7.28. The Morgan fingerprint density at radius 2 is 2.08 bits per heavy atom. The van der Waals surface area contributed by atoms with Gasteiger partial charge in [-0.15, -0.1) is 11.3 Å². The number of alkyl halides is 3. The van der Waals surface area contributed by atoms with Crippen molar-refractivity contribution < 1.29 is 23.1 Å². The molecule has 2 N–H and O–H groups in total. The van der Waals surface area contributed by atoms with E-state index in [0.717, 1.165) is 15.4 Å². The Balaban J connectivity index is 2.09. The molecule has 0 radical (unpaired) electrons. The highest BCUT2D eigenvalue weighted by molar-refractivity contribution is 7.15. The van der Waals surface area contributed by atoms with Crippen molar-refractivity contribution in [2.45, 2.75) is 25.0 Å². The van der Waals surface area contributed by atoms with Gasteiger partial charge in [-0.2, -0.15) is 8.78 Å². The number of benzene rings is 1. The van der Waals surface area contributed by atoms with Gasteiger partial charge < -0.3 is 15.4 Å². The molecule has 2 unspecified atom stereocenters. The lowest BCUT2D eigenvalue weighted by atomic mass is 10.0. The molecule has 0 fully saturated rings. The first kappa shape index (κ1) is 20.1. The summed E-state index contributed by atoms with van der Waals surface area (Å²) in [6.45, 7) is -1.17. The van der Waals surface area contributed by atoms with Crippen LogP contribution >= 0.6 is 11.3 Å². The molecule has 2 atom stereocenters. The molecule has 1 aromatic heterocycles. The molecule has 0 saturated heterocycles. The highest BCUT2D eigenvalue weighted by atomic mass is 32.1. The number of carbonyl (C=O) groups is 1. The molecule has 2 rings (SSSR count). The molecule has 1 aromatic carbocycles.